The minimum atomic E-state index is 0.105. The van der Waals surface area contributed by atoms with Crippen molar-refractivity contribution in [2.45, 2.75) is 58.8 Å². The molecule has 18 heavy (non-hydrogen) atoms. The van der Waals surface area contributed by atoms with Crippen LogP contribution < -0.4 is 0 Å². The Morgan fingerprint density at radius 1 is 1.17 bits per heavy atom. The monoisotopic (exact) mass is 244 g/mol. The number of hydrogen-bond acceptors (Lipinski definition) is 1. The summed E-state index contributed by atoms with van der Waals surface area (Å²) in [6.07, 6.45) is 7.55. The van der Waals surface area contributed by atoms with Crippen molar-refractivity contribution in [3.8, 4) is 0 Å². The highest BCUT2D eigenvalue weighted by atomic mass is 16.1. The Balaban J connectivity index is 2.23. The SMILES string of the molecule is Cc1cc(C)c(C(C=O)CC2CCCC2)c(C)c1. The quantitative estimate of drug-likeness (QED) is 0.714. The van der Waals surface area contributed by atoms with E-state index in [2.05, 4.69) is 32.9 Å². The first-order valence-electron chi connectivity index (χ1n) is 7.15. The Labute approximate surface area is 111 Å². The molecule has 1 aromatic rings. The molecule has 1 aliphatic rings. The van der Waals surface area contributed by atoms with Gasteiger partial charge in [-0.15, -0.1) is 0 Å². The van der Waals surface area contributed by atoms with Crippen molar-refractivity contribution in [2.75, 3.05) is 0 Å². The number of rotatable bonds is 4. The molecule has 98 valence electrons. The van der Waals surface area contributed by atoms with E-state index in [1.54, 1.807) is 0 Å². The minimum Gasteiger partial charge on any atom is -0.303 e. The Hall–Kier alpha value is -1.11. The predicted octanol–water partition coefficient (Wildman–Crippen LogP) is 4.47. The summed E-state index contributed by atoms with van der Waals surface area (Å²) in [5.74, 6) is 0.869. The van der Waals surface area contributed by atoms with Gasteiger partial charge in [0, 0.05) is 5.92 Å². The standard InChI is InChI=1S/C17H24O/c1-12-8-13(2)17(14(3)9-12)16(11-18)10-15-6-4-5-7-15/h8-9,11,15-16H,4-7,10H2,1-3H3. The van der Waals surface area contributed by atoms with Crippen LogP contribution in [-0.4, -0.2) is 6.29 Å². The second-order valence-corrected chi connectivity index (χ2v) is 5.94. The normalized spacial score (nSPS) is 17.9. The van der Waals surface area contributed by atoms with Crippen LogP contribution in [0.5, 0.6) is 0 Å². The molecule has 0 aromatic heterocycles. The lowest BCUT2D eigenvalue weighted by Gasteiger charge is -2.20. The van der Waals surface area contributed by atoms with Crippen LogP contribution in [0.4, 0.5) is 0 Å². The van der Waals surface area contributed by atoms with E-state index in [9.17, 15) is 4.79 Å². The van der Waals surface area contributed by atoms with Crippen molar-refractivity contribution in [2.24, 2.45) is 5.92 Å². The van der Waals surface area contributed by atoms with Gasteiger partial charge in [0.15, 0.2) is 0 Å². The largest absolute Gasteiger partial charge is 0.303 e. The zero-order chi connectivity index (χ0) is 13.1. The molecule has 0 aliphatic heterocycles. The molecule has 0 spiro atoms. The van der Waals surface area contributed by atoms with Crippen molar-refractivity contribution in [1.82, 2.24) is 0 Å². The molecule has 1 fully saturated rings. The fourth-order valence-electron chi connectivity index (χ4n) is 3.62. The minimum absolute atomic E-state index is 0.105. The second kappa shape index (κ2) is 5.69. The molecule has 0 heterocycles. The van der Waals surface area contributed by atoms with Crippen LogP contribution in [-0.2, 0) is 4.79 Å². The second-order valence-electron chi connectivity index (χ2n) is 5.94. The Kier molecular flexibility index (Phi) is 4.21. The predicted molar refractivity (Wildman–Crippen MR) is 76.0 cm³/mol. The maximum absolute atomic E-state index is 11.5. The maximum atomic E-state index is 11.5. The fourth-order valence-corrected chi connectivity index (χ4v) is 3.62. The molecule has 1 saturated carbocycles. The van der Waals surface area contributed by atoms with Crippen LogP contribution in [0.1, 0.15) is 60.3 Å². The van der Waals surface area contributed by atoms with Gasteiger partial charge in [-0.25, -0.2) is 0 Å². The molecule has 0 radical (unpaired) electrons. The van der Waals surface area contributed by atoms with Crippen LogP contribution in [0.25, 0.3) is 0 Å². The number of carbonyl (C=O) groups excluding carboxylic acids is 1. The van der Waals surface area contributed by atoms with Crippen LogP contribution in [0.2, 0.25) is 0 Å². The van der Waals surface area contributed by atoms with E-state index in [1.165, 1.54) is 54.2 Å². The van der Waals surface area contributed by atoms with E-state index in [0.29, 0.717) is 0 Å². The highest BCUT2D eigenvalue weighted by Gasteiger charge is 2.23. The van der Waals surface area contributed by atoms with E-state index in [4.69, 9.17) is 0 Å². The van der Waals surface area contributed by atoms with Gasteiger partial charge >= 0.3 is 0 Å². The van der Waals surface area contributed by atoms with Gasteiger partial charge in [0.05, 0.1) is 0 Å². The Morgan fingerprint density at radius 2 is 1.72 bits per heavy atom. The van der Waals surface area contributed by atoms with Crippen molar-refractivity contribution in [3.05, 3.63) is 34.4 Å². The third-order valence-electron chi connectivity index (χ3n) is 4.34. The third-order valence-corrected chi connectivity index (χ3v) is 4.34. The van der Waals surface area contributed by atoms with Crippen molar-refractivity contribution < 1.29 is 4.79 Å². The average Bonchev–Trinajstić information content (AvgIpc) is 2.79. The first-order valence-corrected chi connectivity index (χ1v) is 7.15. The van der Waals surface area contributed by atoms with Gasteiger partial charge in [0.25, 0.3) is 0 Å². The lowest BCUT2D eigenvalue weighted by atomic mass is 9.84. The molecule has 0 amide bonds. The summed E-state index contributed by atoms with van der Waals surface area (Å²) in [7, 11) is 0. The van der Waals surface area contributed by atoms with Crippen LogP contribution in [0.15, 0.2) is 12.1 Å². The molecule has 1 unspecified atom stereocenters. The van der Waals surface area contributed by atoms with Crippen molar-refractivity contribution >= 4 is 6.29 Å². The molecule has 1 heteroatoms. The molecule has 0 bridgehead atoms. The summed E-state index contributed by atoms with van der Waals surface area (Å²) in [4.78, 5) is 11.5. The molecular weight excluding hydrogens is 220 g/mol. The van der Waals surface area contributed by atoms with Gasteiger partial charge in [-0.05, 0) is 49.8 Å². The molecule has 1 aromatic carbocycles. The van der Waals surface area contributed by atoms with Gasteiger partial charge in [-0.2, -0.15) is 0 Å². The fraction of sp³-hybridized carbons (Fsp3) is 0.588. The number of hydrogen-bond donors (Lipinski definition) is 0. The van der Waals surface area contributed by atoms with E-state index < -0.39 is 0 Å². The van der Waals surface area contributed by atoms with Crippen LogP contribution >= 0.6 is 0 Å². The number of aryl methyl sites for hydroxylation is 3. The number of benzene rings is 1. The third kappa shape index (κ3) is 2.82. The first kappa shape index (κ1) is 13.3. The summed E-state index contributed by atoms with van der Waals surface area (Å²) in [5.41, 5.74) is 5.13. The van der Waals surface area contributed by atoms with Crippen molar-refractivity contribution in [1.29, 1.82) is 0 Å². The van der Waals surface area contributed by atoms with Crippen LogP contribution in [0.3, 0.4) is 0 Å². The molecule has 1 aliphatic carbocycles. The topological polar surface area (TPSA) is 17.1 Å². The summed E-state index contributed by atoms with van der Waals surface area (Å²) in [6, 6.07) is 4.40. The maximum Gasteiger partial charge on any atom is 0.127 e. The van der Waals surface area contributed by atoms with Gasteiger partial charge in [-0.1, -0.05) is 43.4 Å². The highest BCUT2D eigenvalue weighted by molar-refractivity contribution is 5.64. The first-order chi connectivity index (χ1) is 8.61. The van der Waals surface area contributed by atoms with Gasteiger partial charge in [0.2, 0.25) is 0 Å². The molecular formula is C17H24O. The van der Waals surface area contributed by atoms with E-state index in [0.717, 1.165) is 12.3 Å². The summed E-state index contributed by atoms with van der Waals surface area (Å²) < 4.78 is 0. The van der Waals surface area contributed by atoms with Gasteiger partial charge in [0.1, 0.15) is 6.29 Å². The zero-order valence-corrected chi connectivity index (χ0v) is 11.8. The summed E-state index contributed by atoms with van der Waals surface area (Å²) in [5, 5.41) is 0. The number of aldehydes is 1. The Morgan fingerprint density at radius 3 is 2.22 bits per heavy atom. The van der Waals surface area contributed by atoms with Gasteiger partial charge < -0.3 is 4.79 Å². The number of carbonyl (C=O) groups is 1. The van der Waals surface area contributed by atoms with E-state index in [1.807, 2.05) is 0 Å². The lowest BCUT2D eigenvalue weighted by Crippen LogP contribution is -2.10. The van der Waals surface area contributed by atoms with Crippen LogP contribution in [0, 0.1) is 26.7 Å². The van der Waals surface area contributed by atoms with E-state index in [-0.39, 0.29) is 5.92 Å². The lowest BCUT2D eigenvalue weighted by molar-refractivity contribution is -0.109. The average molecular weight is 244 g/mol. The summed E-state index contributed by atoms with van der Waals surface area (Å²) in [6.45, 7) is 6.40. The highest BCUT2D eigenvalue weighted by Crippen LogP contribution is 2.35. The Bertz CT molecular complexity index is 404. The smallest absolute Gasteiger partial charge is 0.127 e. The van der Waals surface area contributed by atoms with E-state index >= 15 is 0 Å². The molecule has 2 rings (SSSR count). The molecule has 0 saturated heterocycles. The molecule has 1 nitrogen and oxygen atoms in total. The molecule has 1 atom stereocenters. The zero-order valence-electron chi connectivity index (χ0n) is 11.8. The summed E-state index contributed by atoms with van der Waals surface area (Å²) >= 11 is 0. The van der Waals surface area contributed by atoms with Crippen molar-refractivity contribution in [3.63, 3.8) is 0 Å². The van der Waals surface area contributed by atoms with Gasteiger partial charge in [-0.3, -0.25) is 0 Å². The molecule has 0 N–H and O–H groups in total.